The van der Waals surface area contributed by atoms with Crippen molar-refractivity contribution in [3.05, 3.63) is 52.8 Å². The van der Waals surface area contributed by atoms with Crippen LogP contribution in [0.15, 0.2) is 36.4 Å². The monoisotopic (exact) mass is 436 g/mol. The van der Waals surface area contributed by atoms with Crippen molar-refractivity contribution in [3.63, 3.8) is 0 Å². The van der Waals surface area contributed by atoms with Gasteiger partial charge in [0.1, 0.15) is 17.3 Å². The summed E-state index contributed by atoms with van der Waals surface area (Å²) in [5.74, 6) is 0.369. The minimum atomic E-state index is -0.299. The van der Waals surface area contributed by atoms with Gasteiger partial charge in [-0.05, 0) is 36.6 Å². The van der Waals surface area contributed by atoms with Gasteiger partial charge in [-0.1, -0.05) is 23.7 Å². The van der Waals surface area contributed by atoms with Crippen molar-refractivity contribution in [2.45, 2.75) is 25.5 Å². The van der Waals surface area contributed by atoms with Crippen molar-refractivity contribution in [2.75, 3.05) is 39.2 Å². The molecule has 2 aromatic carbocycles. The number of anilines is 1. The Morgan fingerprint density at radius 1 is 1.27 bits per heavy atom. The third-order valence-electron chi connectivity index (χ3n) is 4.90. The van der Waals surface area contributed by atoms with Gasteiger partial charge in [0.2, 0.25) is 5.91 Å². The average Bonchev–Trinajstić information content (AvgIpc) is 3.21. The average molecular weight is 437 g/mol. The van der Waals surface area contributed by atoms with E-state index in [1.165, 1.54) is 26.4 Å². The fourth-order valence-corrected chi connectivity index (χ4v) is 3.75. The molecule has 1 saturated heterocycles. The van der Waals surface area contributed by atoms with Crippen LogP contribution in [0.2, 0.25) is 5.02 Å². The second-order valence-corrected chi connectivity index (χ2v) is 7.58. The highest BCUT2D eigenvalue weighted by Crippen LogP contribution is 2.35. The molecular weight excluding hydrogens is 411 g/mol. The summed E-state index contributed by atoms with van der Waals surface area (Å²) in [4.78, 5) is 14.7. The number of nitrogens with one attached hydrogen (secondary N) is 1. The van der Waals surface area contributed by atoms with E-state index in [0.717, 1.165) is 25.0 Å². The molecule has 0 aromatic heterocycles. The molecule has 1 fully saturated rings. The van der Waals surface area contributed by atoms with E-state index < -0.39 is 0 Å². The molecule has 0 spiro atoms. The molecule has 1 unspecified atom stereocenters. The molecule has 8 heteroatoms. The van der Waals surface area contributed by atoms with Crippen LogP contribution in [-0.4, -0.2) is 50.8 Å². The number of methoxy groups -OCH3 is 2. The summed E-state index contributed by atoms with van der Waals surface area (Å²) in [6.07, 6.45) is 2.02. The summed E-state index contributed by atoms with van der Waals surface area (Å²) in [7, 11) is 3.01. The van der Waals surface area contributed by atoms with Gasteiger partial charge in [0, 0.05) is 25.8 Å². The number of carbonyl (C=O) groups is 1. The van der Waals surface area contributed by atoms with Gasteiger partial charge in [0.05, 0.1) is 37.6 Å². The van der Waals surface area contributed by atoms with Gasteiger partial charge in [-0.15, -0.1) is 0 Å². The van der Waals surface area contributed by atoms with Gasteiger partial charge in [0.15, 0.2) is 0 Å². The van der Waals surface area contributed by atoms with Crippen LogP contribution in [0.3, 0.4) is 0 Å². The first-order valence-electron chi connectivity index (χ1n) is 9.78. The van der Waals surface area contributed by atoms with Gasteiger partial charge >= 0.3 is 0 Å². The third-order valence-corrected chi connectivity index (χ3v) is 5.19. The Labute approximate surface area is 180 Å². The van der Waals surface area contributed by atoms with Gasteiger partial charge in [-0.3, -0.25) is 9.69 Å². The lowest BCUT2D eigenvalue weighted by molar-refractivity contribution is -0.117. The minimum Gasteiger partial charge on any atom is -0.495 e. The molecule has 1 atom stereocenters. The van der Waals surface area contributed by atoms with Crippen LogP contribution in [0.25, 0.3) is 0 Å². The molecule has 1 aliphatic rings. The maximum absolute atomic E-state index is 13.6. The highest BCUT2D eigenvalue weighted by molar-refractivity contribution is 6.32. The van der Waals surface area contributed by atoms with Crippen LogP contribution < -0.4 is 14.8 Å². The Morgan fingerprint density at radius 2 is 2.07 bits per heavy atom. The van der Waals surface area contributed by atoms with E-state index >= 15 is 0 Å². The highest BCUT2D eigenvalue weighted by atomic mass is 35.5. The van der Waals surface area contributed by atoms with Crippen molar-refractivity contribution in [1.29, 1.82) is 0 Å². The summed E-state index contributed by atoms with van der Waals surface area (Å²) in [5, 5.41) is 3.21. The van der Waals surface area contributed by atoms with Crippen LogP contribution in [0, 0.1) is 5.82 Å². The minimum absolute atomic E-state index is 0.0660. The summed E-state index contributed by atoms with van der Waals surface area (Å²) < 4.78 is 29.8. The molecule has 30 heavy (non-hydrogen) atoms. The molecule has 162 valence electrons. The van der Waals surface area contributed by atoms with E-state index in [1.807, 2.05) is 11.0 Å². The maximum atomic E-state index is 13.6. The number of hydrogen-bond donors (Lipinski definition) is 1. The van der Waals surface area contributed by atoms with Crippen molar-refractivity contribution in [3.8, 4) is 11.5 Å². The summed E-state index contributed by atoms with van der Waals surface area (Å²) in [6, 6.07) is 9.60. The number of hydrogen-bond acceptors (Lipinski definition) is 5. The fraction of sp³-hybridized carbons (Fsp3) is 0.409. The molecule has 0 aliphatic carbocycles. The first kappa shape index (κ1) is 22.3. The molecule has 1 amide bonds. The van der Waals surface area contributed by atoms with Crippen LogP contribution in [0.4, 0.5) is 10.1 Å². The van der Waals surface area contributed by atoms with Crippen molar-refractivity contribution in [1.82, 2.24) is 4.90 Å². The molecule has 1 heterocycles. The smallest absolute Gasteiger partial charge is 0.238 e. The normalized spacial score (nSPS) is 16.0. The number of rotatable bonds is 9. The summed E-state index contributed by atoms with van der Waals surface area (Å²) >= 11 is 6.19. The zero-order valence-corrected chi connectivity index (χ0v) is 17.9. The summed E-state index contributed by atoms with van der Waals surface area (Å²) in [5.41, 5.74) is 1.25. The second-order valence-electron chi connectivity index (χ2n) is 7.17. The van der Waals surface area contributed by atoms with Crippen molar-refractivity contribution >= 4 is 23.2 Å². The summed E-state index contributed by atoms with van der Waals surface area (Å²) in [6.45, 7) is 1.87. The van der Waals surface area contributed by atoms with E-state index in [-0.39, 0.29) is 24.4 Å². The Hall–Kier alpha value is -2.35. The second kappa shape index (κ2) is 10.6. The first-order chi connectivity index (χ1) is 14.5. The standard InChI is InChI=1S/C22H26ClFN2O4/c1-28-20-11-21(29-2)19(10-18(20)23)25-22(27)14-26(13-17-7-4-8-30-17)12-15-5-3-6-16(24)9-15/h3,5-6,9-11,17H,4,7-8,12-14H2,1-2H3,(H,25,27). The lowest BCUT2D eigenvalue weighted by Gasteiger charge is -2.25. The zero-order chi connectivity index (χ0) is 21.5. The number of halogens is 2. The molecule has 6 nitrogen and oxygen atoms in total. The Morgan fingerprint density at radius 3 is 2.73 bits per heavy atom. The molecule has 3 rings (SSSR count). The van der Waals surface area contributed by atoms with Crippen LogP contribution >= 0.6 is 11.6 Å². The first-order valence-corrected chi connectivity index (χ1v) is 10.2. The van der Waals surface area contributed by atoms with Crippen molar-refractivity contribution < 1.29 is 23.4 Å². The lowest BCUT2D eigenvalue weighted by atomic mass is 10.1. The van der Waals surface area contributed by atoms with E-state index in [2.05, 4.69) is 5.32 Å². The molecule has 0 radical (unpaired) electrons. The SMILES string of the molecule is COc1cc(OC)c(NC(=O)CN(Cc2cccc(F)c2)CC2CCCO2)cc1Cl. The van der Waals surface area contributed by atoms with E-state index in [1.54, 1.807) is 18.2 Å². The van der Waals surface area contributed by atoms with E-state index in [0.29, 0.717) is 35.3 Å². The third kappa shape index (κ3) is 6.08. The Balaban J connectivity index is 1.71. The predicted octanol–water partition coefficient (Wildman–Crippen LogP) is 4.12. The number of benzene rings is 2. The molecule has 1 N–H and O–H groups in total. The molecule has 1 aliphatic heterocycles. The Bertz CT molecular complexity index is 874. The molecule has 0 bridgehead atoms. The van der Waals surface area contributed by atoms with E-state index in [9.17, 15) is 9.18 Å². The lowest BCUT2D eigenvalue weighted by Crippen LogP contribution is -2.38. The predicted molar refractivity (Wildman–Crippen MR) is 114 cm³/mol. The van der Waals surface area contributed by atoms with Crippen molar-refractivity contribution in [2.24, 2.45) is 0 Å². The topological polar surface area (TPSA) is 60.0 Å². The quantitative estimate of drug-likeness (QED) is 0.640. The largest absolute Gasteiger partial charge is 0.495 e. The maximum Gasteiger partial charge on any atom is 0.238 e. The van der Waals surface area contributed by atoms with Gasteiger partial charge in [-0.25, -0.2) is 4.39 Å². The fourth-order valence-electron chi connectivity index (χ4n) is 3.51. The number of ether oxygens (including phenoxy) is 3. The number of carbonyl (C=O) groups excluding carboxylic acids is 1. The molecule has 2 aromatic rings. The van der Waals surface area contributed by atoms with Crippen LogP contribution in [0.1, 0.15) is 18.4 Å². The van der Waals surface area contributed by atoms with E-state index in [4.69, 9.17) is 25.8 Å². The number of amides is 1. The molecular formula is C22H26ClFN2O4. The molecule has 0 saturated carbocycles. The van der Waals surface area contributed by atoms with Gasteiger partial charge < -0.3 is 19.5 Å². The van der Waals surface area contributed by atoms with Gasteiger partial charge in [-0.2, -0.15) is 0 Å². The van der Waals surface area contributed by atoms with Crippen LogP contribution in [-0.2, 0) is 16.1 Å². The Kier molecular flexibility index (Phi) is 7.90. The van der Waals surface area contributed by atoms with Crippen LogP contribution in [0.5, 0.6) is 11.5 Å². The highest BCUT2D eigenvalue weighted by Gasteiger charge is 2.22. The zero-order valence-electron chi connectivity index (χ0n) is 17.1. The van der Waals surface area contributed by atoms with Gasteiger partial charge in [0.25, 0.3) is 0 Å². The number of nitrogens with zero attached hydrogens (tertiary/aromatic N) is 1.